The van der Waals surface area contributed by atoms with E-state index in [1.165, 1.54) is 0 Å². The van der Waals surface area contributed by atoms with Crippen LogP contribution in [0.2, 0.25) is 5.15 Å². The Hall–Kier alpha value is -1.47. The fourth-order valence-electron chi connectivity index (χ4n) is 1.93. The van der Waals surface area contributed by atoms with E-state index >= 15 is 0 Å². The minimum absolute atomic E-state index is 0.0637. The van der Waals surface area contributed by atoms with Crippen LogP contribution in [0.4, 0.5) is 8.78 Å². The van der Waals surface area contributed by atoms with E-state index in [4.69, 9.17) is 11.6 Å². The van der Waals surface area contributed by atoms with E-state index in [-0.39, 0.29) is 26.8 Å². The second-order valence-electron chi connectivity index (χ2n) is 4.67. The third kappa shape index (κ3) is 2.80. The fourth-order valence-corrected chi connectivity index (χ4v) is 2.64. The normalized spacial score (nSPS) is 11.2. The summed E-state index contributed by atoms with van der Waals surface area (Å²) in [5, 5.41) is -0.0853. The Morgan fingerprint density at radius 1 is 1.24 bits per heavy atom. The molecule has 4 nitrogen and oxygen atoms in total. The van der Waals surface area contributed by atoms with Gasteiger partial charge in [-0.05, 0) is 27.9 Å². The van der Waals surface area contributed by atoms with E-state index in [1.807, 2.05) is 0 Å². The Balaban J connectivity index is 2.89. The summed E-state index contributed by atoms with van der Waals surface area (Å²) in [5.41, 5.74) is -1.84. The Bertz CT molecular complexity index is 830. The molecule has 0 amide bonds. The lowest BCUT2D eigenvalue weighted by molar-refractivity contribution is 0.569. The van der Waals surface area contributed by atoms with Gasteiger partial charge in [-0.1, -0.05) is 25.4 Å². The van der Waals surface area contributed by atoms with E-state index in [9.17, 15) is 18.4 Å². The van der Waals surface area contributed by atoms with Crippen LogP contribution in [0.5, 0.6) is 0 Å². The van der Waals surface area contributed by atoms with E-state index in [2.05, 4.69) is 20.9 Å². The molecule has 112 valence electrons. The largest absolute Gasteiger partial charge is 0.334 e. The van der Waals surface area contributed by atoms with E-state index < -0.39 is 22.9 Å². The van der Waals surface area contributed by atoms with Gasteiger partial charge in [-0.15, -0.1) is 0 Å². The van der Waals surface area contributed by atoms with Crippen molar-refractivity contribution in [3.05, 3.63) is 59.8 Å². The molecular weight excluding hydrogens is 370 g/mol. The lowest BCUT2D eigenvalue weighted by atomic mass is 10.1. The SMILES string of the molecule is CC(C)c1c(Cl)[nH]c(=O)n(-c2cc(Br)c(F)cc2F)c1=O. The zero-order valence-corrected chi connectivity index (χ0v) is 13.3. The van der Waals surface area contributed by atoms with Crippen LogP contribution in [0.1, 0.15) is 25.3 Å². The molecule has 21 heavy (non-hydrogen) atoms. The second kappa shape index (κ2) is 5.73. The van der Waals surface area contributed by atoms with Gasteiger partial charge in [-0.3, -0.25) is 9.78 Å². The summed E-state index contributed by atoms with van der Waals surface area (Å²) < 4.78 is 27.7. The van der Waals surface area contributed by atoms with Crippen molar-refractivity contribution in [1.82, 2.24) is 9.55 Å². The highest BCUT2D eigenvalue weighted by Crippen LogP contribution is 2.22. The third-order valence-corrected chi connectivity index (χ3v) is 3.80. The molecule has 0 saturated carbocycles. The van der Waals surface area contributed by atoms with Gasteiger partial charge >= 0.3 is 5.69 Å². The summed E-state index contributed by atoms with van der Waals surface area (Å²) in [6.07, 6.45) is 0. The highest BCUT2D eigenvalue weighted by Gasteiger charge is 2.19. The first-order valence-corrected chi connectivity index (χ1v) is 7.10. The summed E-state index contributed by atoms with van der Waals surface area (Å²) >= 11 is 8.75. The van der Waals surface area contributed by atoms with Crippen molar-refractivity contribution in [2.24, 2.45) is 0 Å². The average Bonchev–Trinajstić information content (AvgIpc) is 2.34. The summed E-state index contributed by atoms with van der Waals surface area (Å²) in [4.78, 5) is 26.6. The van der Waals surface area contributed by atoms with Crippen LogP contribution in [0, 0.1) is 11.6 Å². The first-order valence-electron chi connectivity index (χ1n) is 5.93. The molecule has 1 N–H and O–H groups in total. The number of benzene rings is 1. The highest BCUT2D eigenvalue weighted by atomic mass is 79.9. The molecule has 1 aromatic heterocycles. The molecule has 0 aliphatic rings. The molecule has 8 heteroatoms. The average molecular weight is 380 g/mol. The highest BCUT2D eigenvalue weighted by molar-refractivity contribution is 9.10. The molecule has 0 saturated heterocycles. The fraction of sp³-hybridized carbons (Fsp3) is 0.231. The van der Waals surface area contributed by atoms with Gasteiger partial charge in [0.05, 0.1) is 15.7 Å². The zero-order chi connectivity index (χ0) is 15.9. The minimum Gasteiger partial charge on any atom is -0.297 e. The first-order chi connectivity index (χ1) is 9.73. The molecule has 2 rings (SSSR count). The maximum atomic E-state index is 13.9. The van der Waals surface area contributed by atoms with Crippen LogP contribution in [0.15, 0.2) is 26.2 Å². The molecule has 0 aliphatic heterocycles. The number of aromatic nitrogens is 2. The molecule has 1 aromatic carbocycles. The standard InChI is InChI=1S/C13H10BrClF2N2O2/c1-5(2)10-11(15)18-13(21)19(12(10)20)9-3-6(14)7(16)4-8(9)17/h3-5H,1-2H3,(H,18,21). The van der Waals surface area contributed by atoms with Crippen molar-refractivity contribution in [3.63, 3.8) is 0 Å². The summed E-state index contributed by atoms with van der Waals surface area (Å²) in [5.74, 6) is -2.14. The van der Waals surface area contributed by atoms with Crippen molar-refractivity contribution in [1.29, 1.82) is 0 Å². The summed E-state index contributed by atoms with van der Waals surface area (Å²) in [6, 6.07) is 1.62. The van der Waals surface area contributed by atoms with Crippen LogP contribution in [0.3, 0.4) is 0 Å². The van der Waals surface area contributed by atoms with E-state index in [1.54, 1.807) is 13.8 Å². The Morgan fingerprint density at radius 2 is 1.86 bits per heavy atom. The molecule has 0 aliphatic carbocycles. The number of nitrogens with zero attached hydrogens (tertiary/aromatic N) is 1. The zero-order valence-electron chi connectivity index (χ0n) is 11.0. The quantitative estimate of drug-likeness (QED) is 0.643. The van der Waals surface area contributed by atoms with Gasteiger partial charge in [-0.2, -0.15) is 0 Å². The molecular formula is C13H10BrClF2N2O2. The van der Waals surface area contributed by atoms with Crippen molar-refractivity contribution in [2.75, 3.05) is 0 Å². The van der Waals surface area contributed by atoms with Gasteiger partial charge in [0.1, 0.15) is 16.8 Å². The molecule has 1 heterocycles. The second-order valence-corrected chi connectivity index (χ2v) is 5.90. The van der Waals surface area contributed by atoms with Gasteiger partial charge in [0.2, 0.25) is 0 Å². The number of hydrogen-bond donors (Lipinski definition) is 1. The number of aromatic amines is 1. The summed E-state index contributed by atoms with van der Waals surface area (Å²) in [6.45, 7) is 3.42. The number of H-pyrrole nitrogens is 1. The Labute approximate surface area is 131 Å². The maximum Gasteiger partial charge on any atom is 0.334 e. The van der Waals surface area contributed by atoms with Crippen LogP contribution in [-0.4, -0.2) is 9.55 Å². The van der Waals surface area contributed by atoms with Crippen LogP contribution in [-0.2, 0) is 0 Å². The molecule has 0 spiro atoms. The molecule has 0 radical (unpaired) electrons. The Morgan fingerprint density at radius 3 is 2.43 bits per heavy atom. The van der Waals surface area contributed by atoms with E-state index in [0.29, 0.717) is 10.6 Å². The minimum atomic E-state index is -1.03. The van der Waals surface area contributed by atoms with E-state index in [0.717, 1.165) is 6.07 Å². The monoisotopic (exact) mass is 378 g/mol. The van der Waals surface area contributed by atoms with Gasteiger partial charge < -0.3 is 0 Å². The van der Waals surface area contributed by atoms with Gasteiger partial charge in [0.25, 0.3) is 5.56 Å². The maximum absolute atomic E-state index is 13.9. The van der Waals surface area contributed by atoms with Crippen molar-refractivity contribution in [2.45, 2.75) is 19.8 Å². The van der Waals surface area contributed by atoms with Crippen molar-refractivity contribution in [3.8, 4) is 5.69 Å². The van der Waals surface area contributed by atoms with Crippen LogP contribution in [0.25, 0.3) is 5.69 Å². The summed E-state index contributed by atoms with van der Waals surface area (Å²) in [7, 11) is 0. The van der Waals surface area contributed by atoms with Crippen LogP contribution >= 0.6 is 27.5 Å². The number of halogens is 4. The predicted octanol–water partition coefficient (Wildman–Crippen LogP) is 3.34. The smallest absolute Gasteiger partial charge is 0.297 e. The van der Waals surface area contributed by atoms with Crippen molar-refractivity contribution >= 4 is 27.5 Å². The topological polar surface area (TPSA) is 54.9 Å². The molecule has 0 unspecified atom stereocenters. The number of nitrogens with one attached hydrogen (secondary N) is 1. The predicted molar refractivity (Wildman–Crippen MR) is 79.4 cm³/mol. The number of hydrogen-bond acceptors (Lipinski definition) is 2. The molecule has 2 aromatic rings. The lowest BCUT2D eigenvalue weighted by Gasteiger charge is -2.12. The molecule has 0 fully saturated rings. The van der Waals surface area contributed by atoms with Gasteiger partial charge in [0, 0.05) is 6.07 Å². The van der Waals surface area contributed by atoms with Gasteiger partial charge in [-0.25, -0.2) is 18.1 Å². The molecule has 0 atom stereocenters. The molecule has 0 bridgehead atoms. The number of rotatable bonds is 2. The van der Waals surface area contributed by atoms with Crippen molar-refractivity contribution < 1.29 is 8.78 Å². The third-order valence-electron chi connectivity index (χ3n) is 2.90. The van der Waals surface area contributed by atoms with Gasteiger partial charge in [0.15, 0.2) is 0 Å². The lowest BCUT2D eigenvalue weighted by Crippen LogP contribution is -2.37. The first kappa shape index (κ1) is 15.9. The van der Waals surface area contributed by atoms with Crippen LogP contribution < -0.4 is 11.2 Å². The Kier molecular flexibility index (Phi) is 4.34.